The molecule has 1 fully saturated rings. The predicted molar refractivity (Wildman–Crippen MR) is 159 cm³/mol. The number of benzene rings is 2. The smallest absolute Gasteiger partial charge is 0.255 e. The van der Waals surface area contributed by atoms with E-state index in [9.17, 15) is 14.4 Å². The molecule has 2 heterocycles. The molecule has 3 amide bonds. The van der Waals surface area contributed by atoms with Gasteiger partial charge < -0.3 is 24.8 Å². The Balaban J connectivity index is 1.30. The monoisotopic (exact) mass is 603 g/mol. The Kier molecular flexibility index (Phi) is 10.4. The quantitative estimate of drug-likeness (QED) is 0.369. The summed E-state index contributed by atoms with van der Waals surface area (Å²) in [6.07, 6.45) is 0.157. The predicted octanol–water partition coefficient (Wildman–Crippen LogP) is 4.38. The van der Waals surface area contributed by atoms with Crippen LogP contribution in [-0.2, 0) is 20.7 Å². The molecule has 212 valence electrons. The van der Waals surface area contributed by atoms with Gasteiger partial charge >= 0.3 is 0 Å². The van der Waals surface area contributed by atoms with Crippen molar-refractivity contribution in [1.29, 1.82) is 0 Å². The van der Waals surface area contributed by atoms with E-state index in [0.717, 1.165) is 13.1 Å². The first-order valence-electron chi connectivity index (χ1n) is 12.8. The number of halogens is 2. The lowest BCUT2D eigenvalue weighted by Gasteiger charge is -2.36. The molecule has 0 spiro atoms. The highest BCUT2D eigenvalue weighted by molar-refractivity contribution is 7.13. The molecule has 0 atom stereocenters. The third kappa shape index (κ3) is 7.72. The molecule has 4 rings (SSSR count). The summed E-state index contributed by atoms with van der Waals surface area (Å²) in [6, 6.07) is 12.8. The lowest BCUT2D eigenvalue weighted by Crippen LogP contribution is -2.49. The van der Waals surface area contributed by atoms with Gasteiger partial charge in [0, 0.05) is 55.9 Å². The van der Waals surface area contributed by atoms with E-state index in [4.69, 9.17) is 27.9 Å². The van der Waals surface area contributed by atoms with Gasteiger partial charge in [0.25, 0.3) is 5.91 Å². The van der Waals surface area contributed by atoms with Crippen LogP contribution in [0.1, 0.15) is 21.6 Å². The summed E-state index contributed by atoms with van der Waals surface area (Å²) in [4.78, 5) is 48.7. The fraction of sp³-hybridized carbons (Fsp3) is 0.357. The van der Waals surface area contributed by atoms with Gasteiger partial charge in [0.2, 0.25) is 11.8 Å². The summed E-state index contributed by atoms with van der Waals surface area (Å²) in [6.45, 7) is 5.13. The molecule has 1 saturated heterocycles. The summed E-state index contributed by atoms with van der Waals surface area (Å²) >= 11 is 13.4. The minimum Gasteiger partial charge on any atom is -0.383 e. The highest BCUT2D eigenvalue weighted by Gasteiger charge is 2.24. The van der Waals surface area contributed by atoms with Gasteiger partial charge in [-0.2, -0.15) is 0 Å². The van der Waals surface area contributed by atoms with Gasteiger partial charge in [0.15, 0.2) is 5.13 Å². The molecular formula is C28H31Cl2N5O4S. The molecule has 0 aliphatic carbocycles. The zero-order valence-corrected chi connectivity index (χ0v) is 24.7. The standard InChI is InChI=1S/C28H31Cl2N5O4S/c1-19-5-3-4-6-24(19)33-9-11-34(12-10-33)26(37)16-21-18-40-28(31-21)32-25(36)17-35(13-14-39-2)27(38)22-8-7-20(29)15-23(22)30/h3-8,15,18H,9-14,16-17H2,1-2H3,(H,31,32,36). The van der Waals surface area contributed by atoms with Gasteiger partial charge in [-0.15, -0.1) is 11.3 Å². The van der Waals surface area contributed by atoms with Crippen LogP contribution in [0.2, 0.25) is 10.0 Å². The van der Waals surface area contributed by atoms with E-state index in [2.05, 4.69) is 34.3 Å². The van der Waals surface area contributed by atoms with Crippen LogP contribution < -0.4 is 10.2 Å². The van der Waals surface area contributed by atoms with Crippen molar-refractivity contribution in [3.8, 4) is 0 Å². The van der Waals surface area contributed by atoms with Crippen molar-refractivity contribution in [1.82, 2.24) is 14.8 Å². The van der Waals surface area contributed by atoms with Gasteiger partial charge in [-0.25, -0.2) is 4.98 Å². The maximum atomic E-state index is 13.1. The average Bonchev–Trinajstić information content (AvgIpc) is 3.37. The van der Waals surface area contributed by atoms with Gasteiger partial charge in [-0.3, -0.25) is 14.4 Å². The van der Waals surface area contributed by atoms with E-state index < -0.39 is 11.8 Å². The van der Waals surface area contributed by atoms with E-state index in [0.29, 0.717) is 28.9 Å². The molecule has 0 bridgehead atoms. The highest BCUT2D eigenvalue weighted by Crippen LogP contribution is 2.24. The number of hydrogen-bond acceptors (Lipinski definition) is 7. The number of aromatic nitrogens is 1. The van der Waals surface area contributed by atoms with Crippen molar-refractivity contribution in [3.05, 3.63) is 74.7 Å². The van der Waals surface area contributed by atoms with E-state index in [1.54, 1.807) is 11.4 Å². The van der Waals surface area contributed by atoms with Crippen molar-refractivity contribution >= 4 is 63.1 Å². The number of thiazole rings is 1. The second-order valence-corrected chi connectivity index (χ2v) is 11.1. The molecule has 40 heavy (non-hydrogen) atoms. The fourth-order valence-corrected chi connectivity index (χ4v) is 5.66. The summed E-state index contributed by atoms with van der Waals surface area (Å²) in [5.41, 5.74) is 3.25. The summed E-state index contributed by atoms with van der Waals surface area (Å²) in [5, 5.41) is 5.46. The fourth-order valence-electron chi connectivity index (χ4n) is 4.45. The van der Waals surface area contributed by atoms with Crippen LogP contribution in [0.25, 0.3) is 0 Å². The zero-order valence-electron chi connectivity index (χ0n) is 22.4. The van der Waals surface area contributed by atoms with Crippen LogP contribution in [0.4, 0.5) is 10.8 Å². The normalized spacial score (nSPS) is 13.3. The minimum atomic E-state index is -0.422. The number of rotatable bonds is 10. The topological polar surface area (TPSA) is 95.1 Å². The van der Waals surface area contributed by atoms with Crippen LogP contribution >= 0.6 is 34.5 Å². The van der Waals surface area contributed by atoms with Gasteiger partial charge in [0.05, 0.1) is 29.3 Å². The Morgan fingerprint density at radius 1 is 1.10 bits per heavy atom. The maximum absolute atomic E-state index is 13.1. The number of nitrogens with zero attached hydrogens (tertiary/aromatic N) is 4. The first-order valence-corrected chi connectivity index (χ1v) is 14.4. The molecule has 9 nitrogen and oxygen atoms in total. The van der Waals surface area contributed by atoms with Crippen molar-refractivity contribution in [2.45, 2.75) is 13.3 Å². The van der Waals surface area contributed by atoms with E-state index in [-0.39, 0.29) is 42.6 Å². The number of nitrogens with one attached hydrogen (secondary N) is 1. The minimum absolute atomic E-state index is 0.00351. The Labute approximate surface area is 247 Å². The lowest BCUT2D eigenvalue weighted by molar-refractivity contribution is -0.130. The Bertz CT molecular complexity index is 1360. The molecule has 0 saturated carbocycles. The Hall–Kier alpha value is -3.18. The number of amides is 3. The number of aryl methyl sites for hydroxylation is 1. The first kappa shape index (κ1) is 29.8. The molecule has 1 aromatic heterocycles. The summed E-state index contributed by atoms with van der Waals surface area (Å²) in [7, 11) is 1.51. The van der Waals surface area contributed by atoms with Gasteiger partial charge in [-0.1, -0.05) is 41.4 Å². The number of hydrogen-bond donors (Lipinski definition) is 1. The number of para-hydroxylation sites is 1. The zero-order chi connectivity index (χ0) is 28.6. The SMILES string of the molecule is COCCN(CC(=O)Nc1nc(CC(=O)N2CCN(c3ccccc3C)CC2)cs1)C(=O)c1ccc(Cl)cc1Cl. The molecule has 2 aromatic carbocycles. The van der Waals surface area contributed by atoms with Crippen LogP contribution in [-0.4, -0.2) is 85.5 Å². The van der Waals surface area contributed by atoms with Gasteiger partial charge in [-0.05, 0) is 36.8 Å². The second-order valence-electron chi connectivity index (χ2n) is 9.37. The highest BCUT2D eigenvalue weighted by atomic mass is 35.5. The average molecular weight is 605 g/mol. The molecule has 3 aromatic rings. The van der Waals surface area contributed by atoms with Crippen LogP contribution in [0, 0.1) is 6.92 Å². The van der Waals surface area contributed by atoms with Gasteiger partial charge in [0.1, 0.15) is 6.54 Å². The molecule has 12 heteroatoms. The van der Waals surface area contributed by atoms with Crippen molar-refractivity contribution in [3.63, 3.8) is 0 Å². The molecule has 1 aliphatic rings. The second kappa shape index (κ2) is 13.9. The van der Waals surface area contributed by atoms with Crippen LogP contribution in [0.15, 0.2) is 47.8 Å². The Morgan fingerprint density at radius 2 is 1.85 bits per heavy atom. The van der Waals surface area contributed by atoms with Crippen LogP contribution in [0.5, 0.6) is 0 Å². The number of carbonyl (C=O) groups is 3. The Morgan fingerprint density at radius 3 is 2.55 bits per heavy atom. The van der Waals surface area contributed by atoms with E-state index in [1.165, 1.54) is 46.7 Å². The molecular weight excluding hydrogens is 573 g/mol. The third-order valence-corrected chi connectivity index (χ3v) is 7.92. The summed E-state index contributed by atoms with van der Waals surface area (Å²) < 4.78 is 5.10. The molecule has 1 N–H and O–H groups in total. The molecule has 1 aliphatic heterocycles. The number of methoxy groups -OCH3 is 1. The number of piperazine rings is 1. The first-order chi connectivity index (χ1) is 19.2. The summed E-state index contributed by atoms with van der Waals surface area (Å²) in [5.74, 6) is -0.834. The number of ether oxygens (including phenoxy) is 1. The molecule has 0 unspecified atom stereocenters. The maximum Gasteiger partial charge on any atom is 0.255 e. The van der Waals surface area contributed by atoms with Crippen molar-refractivity contribution in [2.75, 3.05) is 63.2 Å². The number of anilines is 2. The lowest BCUT2D eigenvalue weighted by atomic mass is 10.1. The van der Waals surface area contributed by atoms with E-state index >= 15 is 0 Å². The largest absolute Gasteiger partial charge is 0.383 e. The van der Waals surface area contributed by atoms with Crippen molar-refractivity contribution in [2.24, 2.45) is 0 Å². The van der Waals surface area contributed by atoms with E-state index in [1.807, 2.05) is 17.0 Å². The third-order valence-electron chi connectivity index (χ3n) is 6.57. The van der Waals surface area contributed by atoms with Crippen molar-refractivity contribution < 1.29 is 19.1 Å². The number of carbonyl (C=O) groups excluding carboxylic acids is 3. The van der Waals surface area contributed by atoms with Crippen LogP contribution in [0.3, 0.4) is 0 Å². The molecule has 0 radical (unpaired) electrons.